The van der Waals surface area contributed by atoms with Crippen LogP contribution in [-0.2, 0) is 17.1 Å². The number of piperidine rings is 1. The van der Waals surface area contributed by atoms with Gasteiger partial charge < -0.3 is 9.88 Å². The van der Waals surface area contributed by atoms with Crippen LogP contribution in [0.1, 0.15) is 18.4 Å². The Hall–Kier alpha value is -3.28. The second-order valence-corrected chi connectivity index (χ2v) is 12.1. The molecule has 11 heteroatoms. The summed E-state index contributed by atoms with van der Waals surface area (Å²) >= 11 is 1.32. The molecule has 9 nitrogen and oxygen atoms in total. The number of rotatable bonds is 5. The summed E-state index contributed by atoms with van der Waals surface area (Å²) < 4.78 is 32.2. The third-order valence-corrected chi connectivity index (χ3v) is 9.56. The minimum absolute atomic E-state index is 0.113. The minimum atomic E-state index is -3.57. The Labute approximate surface area is 206 Å². The van der Waals surface area contributed by atoms with Gasteiger partial charge in [0.15, 0.2) is 0 Å². The standard InChI is InChI=1S/C24H25N7O2S2/c1-15-3-4-21-16(9-15)10-22(34-21)35(32,33)29-18-5-7-31(8-6-18)24-19-11-20(17-12-27-30(2)13-17)28-23(19)25-14-26-24/h3-4,9-14,18,29H,5-8H2,1-2H3,(H,25,26,28). The molecule has 0 bridgehead atoms. The van der Waals surface area contributed by atoms with Crippen molar-refractivity contribution in [1.29, 1.82) is 0 Å². The third kappa shape index (κ3) is 4.19. The Bertz CT molecular complexity index is 1640. The molecule has 0 unspecified atom stereocenters. The maximum atomic E-state index is 13.1. The number of aromatic nitrogens is 5. The Balaban J connectivity index is 1.18. The predicted octanol–water partition coefficient (Wildman–Crippen LogP) is 3.83. The number of H-pyrrole nitrogens is 1. The number of aryl methyl sites for hydroxylation is 2. The van der Waals surface area contributed by atoms with Crippen molar-refractivity contribution in [3.8, 4) is 11.3 Å². The fraction of sp³-hybridized carbons (Fsp3) is 0.292. The molecule has 5 aromatic rings. The number of aromatic amines is 1. The van der Waals surface area contributed by atoms with Crippen LogP contribution in [0.4, 0.5) is 5.82 Å². The largest absolute Gasteiger partial charge is 0.356 e. The zero-order valence-corrected chi connectivity index (χ0v) is 21.0. The van der Waals surface area contributed by atoms with Gasteiger partial charge in [0.2, 0.25) is 10.0 Å². The Morgan fingerprint density at radius 1 is 1.14 bits per heavy atom. The van der Waals surface area contributed by atoms with Gasteiger partial charge in [-0.25, -0.2) is 23.1 Å². The average Bonchev–Trinajstić information content (AvgIpc) is 3.56. The van der Waals surface area contributed by atoms with E-state index in [-0.39, 0.29) is 6.04 Å². The Kier molecular flexibility index (Phi) is 5.35. The maximum absolute atomic E-state index is 13.1. The highest BCUT2D eigenvalue weighted by atomic mass is 32.2. The molecular formula is C24H25N7O2S2. The Morgan fingerprint density at radius 2 is 1.97 bits per heavy atom. The third-order valence-electron chi connectivity index (χ3n) is 6.45. The van der Waals surface area contributed by atoms with Crippen molar-refractivity contribution in [1.82, 2.24) is 29.5 Å². The summed E-state index contributed by atoms with van der Waals surface area (Å²) in [7, 11) is -1.68. The van der Waals surface area contributed by atoms with E-state index in [2.05, 4.69) is 35.7 Å². The molecule has 0 aliphatic carbocycles. The van der Waals surface area contributed by atoms with Crippen LogP contribution >= 0.6 is 11.3 Å². The molecule has 35 heavy (non-hydrogen) atoms. The summed E-state index contributed by atoms with van der Waals surface area (Å²) in [5, 5.41) is 6.16. The fourth-order valence-electron chi connectivity index (χ4n) is 4.65. The molecule has 0 saturated carbocycles. The van der Waals surface area contributed by atoms with Crippen LogP contribution < -0.4 is 9.62 Å². The van der Waals surface area contributed by atoms with Crippen molar-refractivity contribution in [2.75, 3.05) is 18.0 Å². The first kappa shape index (κ1) is 22.2. The van der Waals surface area contributed by atoms with Crippen molar-refractivity contribution in [2.24, 2.45) is 7.05 Å². The number of benzene rings is 1. The van der Waals surface area contributed by atoms with Crippen molar-refractivity contribution >= 4 is 48.3 Å². The van der Waals surface area contributed by atoms with Gasteiger partial charge in [-0.05, 0) is 43.4 Å². The number of hydrogen-bond donors (Lipinski definition) is 2. The molecule has 180 valence electrons. The van der Waals surface area contributed by atoms with E-state index < -0.39 is 10.0 Å². The number of sulfonamides is 1. The van der Waals surface area contributed by atoms with Crippen molar-refractivity contribution in [3.63, 3.8) is 0 Å². The number of anilines is 1. The van der Waals surface area contributed by atoms with E-state index in [1.54, 1.807) is 17.1 Å². The van der Waals surface area contributed by atoms with Gasteiger partial charge in [-0.1, -0.05) is 17.7 Å². The zero-order chi connectivity index (χ0) is 24.2. The zero-order valence-electron chi connectivity index (χ0n) is 19.4. The smallest absolute Gasteiger partial charge is 0.250 e. The molecule has 0 spiro atoms. The van der Waals surface area contributed by atoms with Crippen molar-refractivity contribution < 1.29 is 8.42 Å². The van der Waals surface area contributed by atoms with E-state index in [1.807, 2.05) is 44.6 Å². The molecule has 1 aliphatic rings. The van der Waals surface area contributed by atoms with Gasteiger partial charge in [0.05, 0.1) is 17.3 Å². The molecule has 1 aliphatic heterocycles. The minimum Gasteiger partial charge on any atom is -0.356 e. The first-order chi connectivity index (χ1) is 16.9. The maximum Gasteiger partial charge on any atom is 0.250 e. The summed E-state index contributed by atoms with van der Waals surface area (Å²) in [4.78, 5) is 14.5. The summed E-state index contributed by atoms with van der Waals surface area (Å²) in [6.45, 7) is 3.42. The molecule has 0 atom stereocenters. The molecule has 0 amide bonds. The molecule has 0 radical (unpaired) electrons. The van der Waals surface area contributed by atoms with E-state index in [0.29, 0.717) is 30.1 Å². The molecular weight excluding hydrogens is 482 g/mol. The topological polar surface area (TPSA) is 109 Å². The van der Waals surface area contributed by atoms with Crippen LogP contribution in [0.25, 0.3) is 32.4 Å². The van der Waals surface area contributed by atoms with Gasteiger partial charge in [-0.2, -0.15) is 5.10 Å². The monoisotopic (exact) mass is 507 g/mol. The molecule has 2 N–H and O–H groups in total. The number of thiophene rings is 1. The van der Waals surface area contributed by atoms with Crippen LogP contribution in [0.15, 0.2) is 53.3 Å². The molecule has 1 saturated heterocycles. The number of fused-ring (bicyclic) bond motifs is 2. The first-order valence-corrected chi connectivity index (χ1v) is 13.8. The Morgan fingerprint density at radius 3 is 2.74 bits per heavy atom. The normalized spacial score (nSPS) is 15.4. The summed E-state index contributed by atoms with van der Waals surface area (Å²) in [6, 6.07) is 9.72. The first-order valence-electron chi connectivity index (χ1n) is 11.5. The van der Waals surface area contributed by atoms with Gasteiger partial charge in [0.1, 0.15) is 22.0 Å². The van der Waals surface area contributed by atoms with Crippen LogP contribution in [-0.4, -0.2) is 52.3 Å². The molecule has 1 fully saturated rings. The van der Waals surface area contributed by atoms with Crippen LogP contribution in [0.5, 0.6) is 0 Å². The van der Waals surface area contributed by atoms with Gasteiger partial charge in [-0.15, -0.1) is 11.3 Å². The van der Waals surface area contributed by atoms with Crippen LogP contribution in [0.3, 0.4) is 0 Å². The molecule has 1 aromatic carbocycles. The van der Waals surface area contributed by atoms with Crippen LogP contribution in [0.2, 0.25) is 0 Å². The lowest BCUT2D eigenvalue weighted by Gasteiger charge is -2.33. The molecule has 4 aromatic heterocycles. The highest BCUT2D eigenvalue weighted by molar-refractivity contribution is 7.91. The highest BCUT2D eigenvalue weighted by Crippen LogP contribution is 2.32. The predicted molar refractivity (Wildman–Crippen MR) is 138 cm³/mol. The lowest BCUT2D eigenvalue weighted by Crippen LogP contribution is -2.44. The van der Waals surface area contributed by atoms with Crippen molar-refractivity contribution in [2.45, 2.75) is 30.0 Å². The summed E-state index contributed by atoms with van der Waals surface area (Å²) in [6.07, 6.45) is 6.74. The lowest BCUT2D eigenvalue weighted by atomic mass is 10.1. The quantitative estimate of drug-likeness (QED) is 0.374. The second-order valence-electron chi connectivity index (χ2n) is 9.03. The van der Waals surface area contributed by atoms with Crippen molar-refractivity contribution in [3.05, 3.63) is 54.6 Å². The fourth-order valence-corrected chi connectivity index (χ4v) is 7.35. The van der Waals surface area contributed by atoms with Crippen LogP contribution in [0, 0.1) is 6.92 Å². The molecule has 6 rings (SSSR count). The van der Waals surface area contributed by atoms with Gasteiger partial charge >= 0.3 is 0 Å². The van der Waals surface area contributed by atoms with E-state index in [9.17, 15) is 8.42 Å². The summed E-state index contributed by atoms with van der Waals surface area (Å²) in [5.74, 6) is 0.863. The van der Waals surface area contributed by atoms with Gasteiger partial charge in [0, 0.05) is 42.6 Å². The van der Waals surface area contributed by atoms with Gasteiger partial charge in [-0.3, -0.25) is 4.68 Å². The summed E-state index contributed by atoms with van der Waals surface area (Å²) in [5.41, 5.74) is 3.82. The number of nitrogens with one attached hydrogen (secondary N) is 2. The highest BCUT2D eigenvalue weighted by Gasteiger charge is 2.27. The average molecular weight is 508 g/mol. The van der Waals surface area contributed by atoms with Gasteiger partial charge in [0.25, 0.3) is 0 Å². The van der Waals surface area contributed by atoms with E-state index >= 15 is 0 Å². The second kappa shape index (κ2) is 8.43. The lowest BCUT2D eigenvalue weighted by molar-refractivity contribution is 0.459. The SMILES string of the molecule is Cc1ccc2sc(S(=O)(=O)NC3CCN(c4ncnc5[nH]c(-c6cnn(C)c6)cc45)CC3)cc2c1. The number of nitrogens with zero attached hydrogens (tertiary/aromatic N) is 5. The van der Waals surface area contributed by atoms with E-state index in [4.69, 9.17) is 0 Å². The van der Waals surface area contributed by atoms with E-state index in [0.717, 1.165) is 43.8 Å². The van der Waals surface area contributed by atoms with E-state index in [1.165, 1.54) is 11.3 Å². The molecule has 5 heterocycles. The number of hydrogen-bond acceptors (Lipinski definition) is 7.